The van der Waals surface area contributed by atoms with Gasteiger partial charge in [0.15, 0.2) is 0 Å². The fraction of sp³-hybridized carbons (Fsp3) is 0.727. The van der Waals surface area contributed by atoms with E-state index in [-0.39, 0.29) is 5.41 Å². The molecule has 0 fully saturated rings. The topological polar surface area (TPSA) is 37.3 Å². The largest absolute Gasteiger partial charge is 0.481 e. The second-order valence-electron chi connectivity index (χ2n) is 4.65. The fourth-order valence-corrected chi connectivity index (χ4v) is 2.17. The van der Waals surface area contributed by atoms with E-state index in [1.165, 1.54) is 5.57 Å². The molecule has 0 radical (unpaired) electrons. The summed E-state index contributed by atoms with van der Waals surface area (Å²) in [6.45, 7) is 6.38. The van der Waals surface area contributed by atoms with Crippen LogP contribution >= 0.6 is 0 Å². The first-order chi connectivity index (χ1) is 5.92. The Kier molecular flexibility index (Phi) is 2.79. The van der Waals surface area contributed by atoms with Gasteiger partial charge in [0, 0.05) is 6.42 Å². The summed E-state index contributed by atoms with van der Waals surface area (Å²) in [5.41, 5.74) is 1.45. The van der Waals surface area contributed by atoms with Crippen LogP contribution in [0.25, 0.3) is 0 Å². The van der Waals surface area contributed by atoms with Crippen molar-refractivity contribution in [3.8, 4) is 0 Å². The average Bonchev–Trinajstić information content (AvgIpc) is 1.93. The summed E-state index contributed by atoms with van der Waals surface area (Å²) in [6, 6.07) is 0. The Bertz CT molecular complexity index is 238. The Balaban J connectivity index is 2.73. The molecule has 0 heterocycles. The van der Waals surface area contributed by atoms with E-state index in [0.717, 1.165) is 12.8 Å². The van der Waals surface area contributed by atoms with Crippen molar-refractivity contribution < 1.29 is 9.90 Å². The van der Waals surface area contributed by atoms with Gasteiger partial charge in [-0.3, -0.25) is 4.79 Å². The third-order valence-electron chi connectivity index (χ3n) is 2.98. The molecule has 0 saturated heterocycles. The number of carbonyl (C=O) groups is 1. The molecule has 2 nitrogen and oxygen atoms in total. The van der Waals surface area contributed by atoms with Crippen LogP contribution in [0.1, 0.15) is 40.0 Å². The second-order valence-corrected chi connectivity index (χ2v) is 4.65. The van der Waals surface area contributed by atoms with Gasteiger partial charge in [0.1, 0.15) is 0 Å². The predicted octanol–water partition coefficient (Wildman–Crippen LogP) is 2.84. The maximum atomic E-state index is 10.6. The zero-order valence-corrected chi connectivity index (χ0v) is 8.63. The van der Waals surface area contributed by atoms with Crippen LogP contribution in [0, 0.1) is 11.3 Å². The van der Waals surface area contributed by atoms with Crippen molar-refractivity contribution in [1.29, 1.82) is 0 Å². The van der Waals surface area contributed by atoms with Crippen LogP contribution in [0.2, 0.25) is 0 Å². The minimum absolute atomic E-state index is 0.0563. The van der Waals surface area contributed by atoms with Crippen molar-refractivity contribution in [2.24, 2.45) is 11.3 Å². The number of carboxylic acids is 1. The molecular formula is C11H18O2. The predicted molar refractivity (Wildman–Crippen MR) is 52.5 cm³/mol. The van der Waals surface area contributed by atoms with Gasteiger partial charge in [0.25, 0.3) is 0 Å². The summed E-state index contributed by atoms with van der Waals surface area (Å²) < 4.78 is 0. The Labute approximate surface area is 79.6 Å². The van der Waals surface area contributed by atoms with Crippen LogP contribution in [0.15, 0.2) is 11.6 Å². The number of rotatable bonds is 2. The zero-order chi connectivity index (χ0) is 10.1. The molecule has 0 bridgehead atoms. The molecule has 0 spiro atoms. The molecule has 1 rings (SSSR count). The minimum Gasteiger partial charge on any atom is -0.481 e. The van der Waals surface area contributed by atoms with Crippen LogP contribution in [0.3, 0.4) is 0 Å². The Morgan fingerprint density at radius 1 is 1.69 bits per heavy atom. The van der Waals surface area contributed by atoms with E-state index >= 15 is 0 Å². The van der Waals surface area contributed by atoms with Crippen LogP contribution in [-0.2, 0) is 4.79 Å². The lowest BCUT2D eigenvalue weighted by molar-refractivity contribution is -0.139. The molecule has 1 aliphatic carbocycles. The lowest BCUT2D eigenvalue weighted by Crippen LogP contribution is -2.27. The maximum Gasteiger partial charge on any atom is 0.303 e. The van der Waals surface area contributed by atoms with E-state index in [1.54, 1.807) is 0 Å². The van der Waals surface area contributed by atoms with Crippen molar-refractivity contribution in [3.63, 3.8) is 0 Å². The first-order valence-corrected chi connectivity index (χ1v) is 4.82. The van der Waals surface area contributed by atoms with Gasteiger partial charge in [0.05, 0.1) is 0 Å². The van der Waals surface area contributed by atoms with E-state index in [9.17, 15) is 4.79 Å². The number of aliphatic carboxylic acids is 1. The van der Waals surface area contributed by atoms with Gasteiger partial charge in [-0.25, -0.2) is 0 Å². The molecule has 13 heavy (non-hydrogen) atoms. The summed E-state index contributed by atoms with van der Waals surface area (Å²) in [4.78, 5) is 10.6. The third kappa shape index (κ3) is 2.58. The van der Waals surface area contributed by atoms with E-state index < -0.39 is 5.97 Å². The van der Waals surface area contributed by atoms with Gasteiger partial charge >= 0.3 is 5.97 Å². The van der Waals surface area contributed by atoms with Crippen LogP contribution < -0.4 is 0 Å². The first-order valence-electron chi connectivity index (χ1n) is 4.82. The van der Waals surface area contributed by atoms with E-state index in [2.05, 4.69) is 26.8 Å². The Hall–Kier alpha value is -0.790. The van der Waals surface area contributed by atoms with Crippen molar-refractivity contribution in [3.05, 3.63) is 11.6 Å². The Morgan fingerprint density at radius 3 is 2.77 bits per heavy atom. The number of hydrogen-bond acceptors (Lipinski definition) is 1. The normalized spacial score (nSPS) is 26.7. The monoisotopic (exact) mass is 182 g/mol. The van der Waals surface area contributed by atoms with Gasteiger partial charge < -0.3 is 5.11 Å². The lowest BCUT2D eigenvalue weighted by Gasteiger charge is -2.35. The molecular weight excluding hydrogens is 164 g/mol. The number of allylic oxidation sites excluding steroid dienone is 2. The van der Waals surface area contributed by atoms with Crippen LogP contribution in [-0.4, -0.2) is 11.1 Å². The summed E-state index contributed by atoms with van der Waals surface area (Å²) in [7, 11) is 0. The van der Waals surface area contributed by atoms with Gasteiger partial charge in [-0.05, 0) is 31.1 Å². The number of hydrogen-bond donors (Lipinski definition) is 1. The van der Waals surface area contributed by atoms with E-state index in [1.807, 2.05) is 0 Å². The van der Waals surface area contributed by atoms with Crippen LogP contribution in [0.5, 0.6) is 0 Å². The standard InChI is InChI=1S/C11H18O2/c1-8-4-5-9(6-10(12)13)11(2,3)7-8/h7,9H,4-6H2,1-3H3,(H,12,13). The molecule has 0 aromatic carbocycles. The fourth-order valence-electron chi connectivity index (χ4n) is 2.17. The lowest BCUT2D eigenvalue weighted by atomic mass is 9.70. The smallest absolute Gasteiger partial charge is 0.303 e. The molecule has 1 aliphatic rings. The molecule has 0 aromatic heterocycles. The summed E-state index contributed by atoms with van der Waals surface area (Å²) in [6.07, 6.45) is 4.60. The molecule has 0 aliphatic heterocycles. The second kappa shape index (κ2) is 3.52. The molecule has 1 N–H and O–H groups in total. The molecule has 2 heteroatoms. The molecule has 0 amide bonds. The minimum atomic E-state index is -0.675. The van der Waals surface area contributed by atoms with E-state index in [0.29, 0.717) is 12.3 Å². The van der Waals surface area contributed by atoms with Crippen molar-refractivity contribution in [2.75, 3.05) is 0 Å². The van der Waals surface area contributed by atoms with Crippen molar-refractivity contribution >= 4 is 5.97 Å². The van der Waals surface area contributed by atoms with E-state index in [4.69, 9.17) is 5.11 Å². The van der Waals surface area contributed by atoms with Crippen LogP contribution in [0.4, 0.5) is 0 Å². The highest BCUT2D eigenvalue weighted by molar-refractivity contribution is 5.67. The summed E-state index contributed by atoms with van der Waals surface area (Å²) in [5.74, 6) is -0.375. The molecule has 74 valence electrons. The maximum absolute atomic E-state index is 10.6. The zero-order valence-electron chi connectivity index (χ0n) is 8.63. The molecule has 0 aromatic rings. The third-order valence-corrected chi connectivity index (χ3v) is 2.98. The van der Waals surface area contributed by atoms with Gasteiger partial charge in [-0.1, -0.05) is 25.5 Å². The van der Waals surface area contributed by atoms with Gasteiger partial charge in [0.2, 0.25) is 0 Å². The highest BCUT2D eigenvalue weighted by atomic mass is 16.4. The Morgan fingerprint density at radius 2 is 2.31 bits per heavy atom. The highest BCUT2D eigenvalue weighted by Crippen LogP contribution is 2.40. The molecule has 0 saturated carbocycles. The highest BCUT2D eigenvalue weighted by Gasteiger charge is 2.31. The van der Waals surface area contributed by atoms with Gasteiger partial charge in [-0.15, -0.1) is 0 Å². The summed E-state index contributed by atoms with van der Waals surface area (Å²) in [5, 5.41) is 8.74. The van der Waals surface area contributed by atoms with Crippen molar-refractivity contribution in [1.82, 2.24) is 0 Å². The SMILES string of the molecule is CC1=CC(C)(C)C(CC(=O)O)CC1. The van der Waals surface area contributed by atoms with Gasteiger partial charge in [-0.2, -0.15) is 0 Å². The first kappa shape index (κ1) is 10.3. The number of carboxylic acid groups (broad SMARTS) is 1. The summed E-state index contributed by atoms with van der Waals surface area (Å²) >= 11 is 0. The molecule has 1 atom stereocenters. The molecule has 1 unspecified atom stereocenters. The average molecular weight is 182 g/mol. The van der Waals surface area contributed by atoms with Crippen molar-refractivity contribution in [2.45, 2.75) is 40.0 Å². The quantitative estimate of drug-likeness (QED) is 0.667.